The number of carbonyl (C=O) groups excluding carboxylic acids is 1. The van der Waals surface area contributed by atoms with Gasteiger partial charge in [-0.25, -0.2) is 0 Å². The lowest BCUT2D eigenvalue weighted by Gasteiger charge is -1.97. The maximum absolute atomic E-state index is 10.8. The van der Waals surface area contributed by atoms with Crippen LogP contribution in [0.15, 0.2) is 0 Å². The minimum Gasteiger partial charge on any atom is -0.345 e. The van der Waals surface area contributed by atoms with Crippen LogP contribution in [0.3, 0.4) is 0 Å². The average Bonchev–Trinajstić information content (AvgIpc) is 2.67. The van der Waals surface area contributed by atoms with Gasteiger partial charge in [0, 0.05) is 6.42 Å². The zero-order valence-electron chi connectivity index (χ0n) is 5.89. The maximum atomic E-state index is 10.8. The van der Waals surface area contributed by atoms with Gasteiger partial charge in [-0.2, -0.15) is 0 Å². The molecule has 0 aliphatic heterocycles. The first-order valence-electron chi connectivity index (χ1n) is 3.53. The van der Waals surface area contributed by atoms with Gasteiger partial charge < -0.3 is 5.32 Å². The van der Waals surface area contributed by atoms with E-state index in [1.807, 2.05) is 0 Å². The van der Waals surface area contributed by atoms with Crippen molar-refractivity contribution in [2.45, 2.75) is 19.3 Å². The number of nitrogens with one attached hydrogen (secondary N) is 1. The summed E-state index contributed by atoms with van der Waals surface area (Å²) in [7, 11) is 0. The molecule has 2 nitrogen and oxygen atoms in total. The topological polar surface area (TPSA) is 29.1 Å². The van der Waals surface area contributed by atoms with Crippen LogP contribution >= 0.6 is 0 Å². The molecule has 1 aliphatic carbocycles. The molecule has 0 unspecified atom stereocenters. The van der Waals surface area contributed by atoms with E-state index in [4.69, 9.17) is 6.42 Å². The van der Waals surface area contributed by atoms with Crippen molar-refractivity contribution in [1.29, 1.82) is 0 Å². The van der Waals surface area contributed by atoms with E-state index in [-0.39, 0.29) is 5.91 Å². The summed E-state index contributed by atoms with van der Waals surface area (Å²) >= 11 is 0. The molecule has 1 aliphatic rings. The van der Waals surface area contributed by atoms with E-state index in [0.29, 0.717) is 18.9 Å². The summed E-state index contributed by atoms with van der Waals surface area (Å²) < 4.78 is 0. The fourth-order valence-corrected chi connectivity index (χ4v) is 0.806. The van der Waals surface area contributed by atoms with Gasteiger partial charge in [0.15, 0.2) is 0 Å². The molecule has 0 aromatic heterocycles. The minimum atomic E-state index is 0.0976. The first kappa shape index (κ1) is 7.14. The van der Waals surface area contributed by atoms with E-state index >= 15 is 0 Å². The Morgan fingerprint density at radius 3 is 2.90 bits per heavy atom. The fraction of sp³-hybridized carbons (Fsp3) is 0.625. The van der Waals surface area contributed by atoms with Gasteiger partial charge in [-0.1, -0.05) is 5.92 Å². The van der Waals surface area contributed by atoms with Crippen LogP contribution in [0.1, 0.15) is 19.3 Å². The zero-order chi connectivity index (χ0) is 7.40. The largest absolute Gasteiger partial charge is 0.345 e. The molecule has 1 N–H and O–H groups in total. The van der Waals surface area contributed by atoms with E-state index in [2.05, 4.69) is 11.2 Å². The summed E-state index contributed by atoms with van der Waals surface area (Å²) in [6, 6.07) is 0. The molecule has 2 heteroatoms. The van der Waals surface area contributed by atoms with Crippen LogP contribution in [-0.4, -0.2) is 12.5 Å². The molecule has 1 saturated carbocycles. The van der Waals surface area contributed by atoms with E-state index in [9.17, 15) is 4.79 Å². The highest BCUT2D eigenvalue weighted by Crippen LogP contribution is 2.31. The van der Waals surface area contributed by atoms with Gasteiger partial charge in [0.2, 0.25) is 5.91 Å². The summed E-state index contributed by atoms with van der Waals surface area (Å²) in [4.78, 5) is 10.8. The number of carbonyl (C=O) groups is 1. The first-order valence-corrected chi connectivity index (χ1v) is 3.53. The third kappa shape index (κ3) is 2.54. The fourth-order valence-electron chi connectivity index (χ4n) is 0.806. The van der Waals surface area contributed by atoms with Crippen molar-refractivity contribution in [3.05, 3.63) is 0 Å². The highest BCUT2D eigenvalue weighted by Gasteiger charge is 2.23. The van der Waals surface area contributed by atoms with Crippen molar-refractivity contribution in [3.8, 4) is 12.3 Å². The van der Waals surface area contributed by atoms with Crippen molar-refractivity contribution in [2.75, 3.05) is 6.54 Å². The third-order valence-corrected chi connectivity index (χ3v) is 1.56. The normalized spacial score (nSPS) is 15.9. The van der Waals surface area contributed by atoms with Crippen molar-refractivity contribution in [3.63, 3.8) is 0 Å². The van der Waals surface area contributed by atoms with E-state index in [1.54, 1.807) is 0 Å². The summed E-state index contributed by atoms with van der Waals surface area (Å²) in [6.07, 6.45) is 8.05. The van der Waals surface area contributed by atoms with Crippen LogP contribution in [-0.2, 0) is 4.79 Å². The molecule has 1 amide bonds. The summed E-state index contributed by atoms with van der Waals surface area (Å²) in [6.45, 7) is 0.367. The molecule has 0 radical (unpaired) electrons. The predicted molar refractivity (Wildman–Crippen MR) is 39.2 cm³/mol. The Bertz CT molecular complexity index is 165. The Morgan fingerprint density at radius 1 is 1.70 bits per heavy atom. The average molecular weight is 137 g/mol. The van der Waals surface area contributed by atoms with E-state index < -0.39 is 0 Å². The molecule has 0 spiro atoms. The standard InChI is InChI=1S/C8H11NO/c1-2-5-9-8(10)6-7-3-4-7/h1,7H,3-6H2,(H,9,10). The molecule has 54 valence electrons. The number of hydrogen-bond acceptors (Lipinski definition) is 1. The summed E-state index contributed by atoms with van der Waals surface area (Å²) in [5.41, 5.74) is 0. The molecule has 0 saturated heterocycles. The van der Waals surface area contributed by atoms with Crippen molar-refractivity contribution < 1.29 is 4.79 Å². The van der Waals surface area contributed by atoms with Crippen molar-refractivity contribution in [1.82, 2.24) is 5.32 Å². The highest BCUT2D eigenvalue weighted by molar-refractivity contribution is 5.76. The Kier molecular flexibility index (Phi) is 2.33. The molecule has 1 rings (SSSR count). The molecule has 0 atom stereocenters. The van der Waals surface area contributed by atoms with Crippen LogP contribution in [0.5, 0.6) is 0 Å². The second kappa shape index (κ2) is 3.26. The van der Waals surface area contributed by atoms with Crippen LogP contribution in [0.25, 0.3) is 0 Å². The van der Waals surface area contributed by atoms with Gasteiger partial charge in [-0.3, -0.25) is 4.79 Å². The first-order chi connectivity index (χ1) is 4.83. The molecule has 0 aromatic rings. The SMILES string of the molecule is C#CCNC(=O)CC1CC1. The van der Waals surface area contributed by atoms with Gasteiger partial charge in [0.05, 0.1) is 6.54 Å². The maximum Gasteiger partial charge on any atom is 0.221 e. The van der Waals surface area contributed by atoms with Crippen LogP contribution in [0.4, 0.5) is 0 Å². The molecule has 1 fully saturated rings. The summed E-state index contributed by atoms with van der Waals surface area (Å²) in [5, 5.41) is 2.63. The Hall–Kier alpha value is -0.970. The lowest BCUT2D eigenvalue weighted by molar-refractivity contribution is -0.121. The molecule has 0 aromatic carbocycles. The molecule has 10 heavy (non-hydrogen) atoms. The number of hydrogen-bond donors (Lipinski definition) is 1. The van der Waals surface area contributed by atoms with Gasteiger partial charge in [-0.15, -0.1) is 6.42 Å². The second-order valence-corrected chi connectivity index (χ2v) is 2.63. The number of amides is 1. The molecular weight excluding hydrogens is 126 g/mol. The van der Waals surface area contributed by atoms with Crippen LogP contribution in [0, 0.1) is 18.3 Å². The van der Waals surface area contributed by atoms with Crippen LogP contribution in [0.2, 0.25) is 0 Å². The van der Waals surface area contributed by atoms with Crippen molar-refractivity contribution in [2.24, 2.45) is 5.92 Å². The number of terminal acetylenes is 1. The second-order valence-electron chi connectivity index (χ2n) is 2.63. The highest BCUT2D eigenvalue weighted by atomic mass is 16.1. The predicted octanol–water partition coefficient (Wildman–Crippen LogP) is 0.536. The Balaban J connectivity index is 2.03. The van der Waals surface area contributed by atoms with Crippen molar-refractivity contribution >= 4 is 5.91 Å². The van der Waals surface area contributed by atoms with Gasteiger partial charge >= 0.3 is 0 Å². The zero-order valence-corrected chi connectivity index (χ0v) is 5.89. The number of rotatable bonds is 3. The smallest absolute Gasteiger partial charge is 0.221 e. The van der Waals surface area contributed by atoms with E-state index in [1.165, 1.54) is 12.8 Å². The minimum absolute atomic E-state index is 0.0976. The van der Waals surface area contributed by atoms with Gasteiger partial charge in [-0.05, 0) is 18.8 Å². The molecule has 0 bridgehead atoms. The summed E-state index contributed by atoms with van der Waals surface area (Å²) in [5.74, 6) is 3.11. The Labute approximate surface area is 61.0 Å². The molecule has 0 heterocycles. The lowest BCUT2D eigenvalue weighted by Crippen LogP contribution is -2.23. The van der Waals surface area contributed by atoms with Gasteiger partial charge in [0.1, 0.15) is 0 Å². The Morgan fingerprint density at radius 2 is 2.40 bits per heavy atom. The lowest BCUT2D eigenvalue weighted by atomic mass is 10.3. The van der Waals surface area contributed by atoms with Gasteiger partial charge in [0.25, 0.3) is 0 Å². The molecular formula is C8H11NO. The van der Waals surface area contributed by atoms with Crippen LogP contribution < -0.4 is 5.32 Å². The quantitative estimate of drug-likeness (QED) is 0.565. The monoisotopic (exact) mass is 137 g/mol. The van der Waals surface area contributed by atoms with E-state index in [0.717, 1.165) is 0 Å². The third-order valence-electron chi connectivity index (χ3n) is 1.56.